The molecule has 0 amide bonds. The molecule has 2 aromatic carbocycles. The monoisotopic (exact) mass is 294 g/mol. The number of nitrogen functional groups attached to an aromatic ring is 1. The van der Waals surface area contributed by atoms with Crippen molar-refractivity contribution in [2.75, 3.05) is 17.6 Å². The molecular formula is C16H17F3N2. The normalized spacial score (nSPS) is 13.0. The summed E-state index contributed by atoms with van der Waals surface area (Å²) in [7, 11) is 0. The van der Waals surface area contributed by atoms with E-state index in [2.05, 4.69) is 5.32 Å². The zero-order chi connectivity index (χ0) is 15.5. The van der Waals surface area contributed by atoms with Gasteiger partial charge in [0.2, 0.25) is 0 Å². The summed E-state index contributed by atoms with van der Waals surface area (Å²) in [6.45, 7) is 2.64. The van der Waals surface area contributed by atoms with Crippen molar-refractivity contribution in [3.05, 3.63) is 59.7 Å². The molecule has 0 aromatic heterocycles. The lowest BCUT2D eigenvalue weighted by Gasteiger charge is -2.16. The predicted molar refractivity (Wildman–Crippen MR) is 79.2 cm³/mol. The van der Waals surface area contributed by atoms with Crippen LogP contribution in [-0.2, 0) is 6.18 Å². The second-order valence-electron chi connectivity index (χ2n) is 4.99. The Kier molecular flexibility index (Phi) is 4.40. The van der Waals surface area contributed by atoms with Gasteiger partial charge in [0.25, 0.3) is 0 Å². The van der Waals surface area contributed by atoms with Crippen LogP contribution in [0.25, 0.3) is 0 Å². The van der Waals surface area contributed by atoms with E-state index in [1.54, 1.807) is 0 Å². The van der Waals surface area contributed by atoms with Crippen LogP contribution in [0.3, 0.4) is 0 Å². The number of nitrogens with two attached hydrogens (primary N) is 1. The van der Waals surface area contributed by atoms with Crippen LogP contribution in [0.5, 0.6) is 0 Å². The number of rotatable bonds is 4. The van der Waals surface area contributed by atoms with Gasteiger partial charge in [0.15, 0.2) is 0 Å². The zero-order valence-corrected chi connectivity index (χ0v) is 11.6. The summed E-state index contributed by atoms with van der Waals surface area (Å²) in [6.07, 6.45) is -4.37. The van der Waals surface area contributed by atoms with Gasteiger partial charge in [0.1, 0.15) is 0 Å². The van der Waals surface area contributed by atoms with E-state index in [0.717, 1.165) is 17.7 Å². The molecule has 0 spiro atoms. The fourth-order valence-corrected chi connectivity index (χ4v) is 2.06. The standard InChI is InChI=1S/C16H17F3N2/c1-11(12-5-3-2-4-6-12)10-21-15-8-7-13(9-14(15)20)16(17,18)19/h2-9,11,21H,10,20H2,1H3. The summed E-state index contributed by atoms with van der Waals surface area (Å²) in [5.41, 5.74) is 6.73. The van der Waals surface area contributed by atoms with Gasteiger partial charge in [-0.05, 0) is 29.7 Å². The average molecular weight is 294 g/mol. The molecule has 2 rings (SSSR count). The van der Waals surface area contributed by atoms with Crippen molar-refractivity contribution in [2.24, 2.45) is 0 Å². The molecule has 0 fully saturated rings. The summed E-state index contributed by atoms with van der Waals surface area (Å²) in [5, 5.41) is 3.10. The molecule has 3 N–H and O–H groups in total. The molecule has 0 heterocycles. The minimum atomic E-state index is -4.37. The van der Waals surface area contributed by atoms with Gasteiger partial charge in [-0.15, -0.1) is 0 Å². The summed E-state index contributed by atoms with van der Waals surface area (Å²) >= 11 is 0. The van der Waals surface area contributed by atoms with Gasteiger partial charge >= 0.3 is 6.18 Å². The van der Waals surface area contributed by atoms with Crippen LogP contribution in [0.4, 0.5) is 24.5 Å². The smallest absolute Gasteiger partial charge is 0.397 e. The molecule has 2 aromatic rings. The fraction of sp³-hybridized carbons (Fsp3) is 0.250. The number of hydrogen-bond acceptors (Lipinski definition) is 2. The Bertz CT molecular complexity index is 594. The molecule has 0 aliphatic rings. The zero-order valence-electron chi connectivity index (χ0n) is 11.6. The van der Waals surface area contributed by atoms with Gasteiger partial charge in [-0.2, -0.15) is 13.2 Å². The molecule has 0 aliphatic heterocycles. The molecule has 112 valence electrons. The topological polar surface area (TPSA) is 38.0 Å². The molecule has 0 saturated heterocycles. The molecule has 5 heteroatoms. The lowest BCUT2D eigenvalue weighted by molar-refractivity contribution is -0.137. The SMILES string of the molecule is CC(CNc1ccc(C(F)(F)F)cc1N)c1ccccc1. The number of benzene rings is 2. The quantitative estimate of drug-likeness (QED) is 0.815. The van der Waals surface area contributed by atoms with Crippen LogP contribution in [0.15, 0.2) is 48.5 Å². The van der Waals surface area contributed by atoms with Gasteiger partial charge in [0.05, 0.1) is 16.9 Å². The lowest BCUT2D eigenvalue weighted by Crippen LogP contribution is -2.12. The Labute approximate surface area is 121 Å². The maximum atomic E-state index is 12.6. The van der Waals surface area contributed by atoms with E-state index in [4.69, 9.17) is 5.73 Å². The molecule has 0 aliphatic carbocycles. The van der Waals surface area contributed by atoms with Gasteiger partial charge in [-0.3, -0.25) is 0 Å². The summed E-state index contributed by atoms with van der Waals surface area (Å²) in [6, 6.07) is 13.2. The van der Waals surface area contributed by atoms with Crippen LogP contribution in [-0.4, -0.2) is 6.54 Å². The fourth-order valence-electron chi connectivity index (χ4n) is 2.06. The number of nitrogens with one attached hydrogen (secondary N) is 1. The van der Waals surface area contributed by atoms with Gasteiger partial charge in [0, 0.05) is 6.54 Å². The maximum Gasteiger partial charge on any atom is 0.416 e. The molecule has 2 nitrogen and oxygen atoms in total. The minimum absolute atomic E-state index is 0.102. The van der Waals surface area contributed by atoms with Crippen molar-refractivity contribution in [1.82, 2.24) is 0 Å². The van der Waals surface area contributed by atoms with Crippen LogP contribution >= 0.6 is 0 Å². The van der Waals surface area contributed by atoms with E-state index in [9.17, 15) is 13.2 Å². The molecule has 0 bridgehead atoms. The van der Waals surface area contributed by atoms with E-state index in [1.165, 1.54) is 6.07 Å². The minimum Gasteiger partial charge on any atom is -0.397 e. The number of hydrogen-bond donors (Lipinski definition) is 2. The molecule has 1 unspecified atom stereocenters. The largest absolute Gasteiger partial charge is 0.416 e. The Morgan fingerprint density at radius 3 is 2.33 bits per heavy atom. The van der Waals surface area contributed by atoms with Crippen LogP contribution < -0.4 is 11.1 Å². The Hall–Kier alpha value is -2.17. The summed E-state index contributed by atoms with van der Waals surface area (Å²) in [4.78, 5) is 0. The average Bonchev–Trinajstić information content (AvgIpc) is 2.45. The Morgan fingerprint density at radius 1 is 1.10 bits per heavy atom. The molecule has 21 heavy (non-hydrogen) atoms. The third kappa shape index (κ3) is 3.90. The Morgan fingerprint density at radius 2 is 1.76 bits per heavy atom. The maximum absolute atomic E-state index is 12.6. The highest BCUT2D eigenvalue weighted by molar-refractivity contribution is 5.67. The summed E-state index contributed by atoms with van der Waals surface area (Å²) in [5.74, 6) is 0.230. The first-order valence-electron chi connectivity index (χ1n) is 6.63. The highest BCUT2D eigenvalue weighted by atomic mass is 19.4. The second-order valence-corrected chi connectivity index (χ2v) is 4.99. The van der Waals surface area contributed by atoms with E-state index >= 15 is 0 Å². The highest BCUT2D eigenvalue weighted by Crippen LogP contribution is 2.33. The molecule has 0 radical (unpaired) electrons. The third-order valence-electron chi connectivity index (χ3n) is 3.35. The number of alkyl halides is 3. The highest BCUT2D eigenvalue weighted by Gasteiger charge is 2.30. The van der Waals surface area contributed by atoms with Gasteiger partial charge in [-0.25, -0.2) is 0 Å². The van der Waals surface area contributed by atoms with Gasteiger partial charge < -0.3 is 11.1 Å². The van der Waals surface area contributed by atoms with Crippen molar-refractivity contribution in [3.8, 4) is 0 Å². The summed E-state index contributed by atoms with van der Waals surface area (Å²) < 4.78 is 37.7. The van der Waals surface area contributed by atoms with E-state index in [1.807, 2.05) is 37.3 Å². The van der Waals surface area contributed by atoms with Crippen molar-refractivity contribution >= 4 is 11.4 Å². The molecular weight excluding hydrogens is 277 g/mol. The third-order valence-corrected chi connectivity index (χ3v) is 3.35. The second kappa shape index (κ2) is 6.08. The van der Waals surface area contributed by atoms with Crippen molar-refractivity contribution in [3.63, 3.8) is 0 Å². The lowest BCUT2D eigenvalue weighted by atomic mass is 10.0. The first kappa shape index (κ1) is 15.2. The van der Waals surface area contributed by atoms with E-state index in [-0.39, 0.29) is 11.6 Å². The first-order valence-corrected chi connectivity index (χ1v) is 6.63. The number of anilines is 2. The van der Waals surface area contributed by atoms with Crippen LogP contribution in [0, 0.1) is 0 Å². The van der Waals surface area contributed by atoms with E-state index < -0.39 is 11.7 Å². The van der Waals surface area contributed by atoms with E-state index in [0.29, 0.717) is 12.2 Å². The van der Waals surface area contributed by atoms with Gasteiger partial charge in [-0.1, -0.05) is 37.3 Å². The predicted octanol–water partition coefficient (Wildman–Crippen LogP) is 4.50. The first-order chi connectivity index (χ1) is 9.88. The molecule has 1 atom stereocenters. The van der Waals surface area contributed by atoms with Crippen molar-refractivity contribution in [1.29, 1.82) is 0 Å². The van der Waals surface area contributed by atoms with Crippen LogP contribution in [0.1, 0.15) is 24.0 Å². The van der Waals surface area contributed by atoms with Crippen molar-refractivity contribution in [2.45, 2.75) is 19.0 Å². The Balaban J connectivity index is 2.04. The molecule has 0 saturated carbocycles. The van der Waals surface area contributed by atoms with Crippen LogP contribution in [0.2, 0.25) is 0 Å². The van der Waals surface area contributed by atoms with Crippen molar-refractivity contribution < 1.29 is 13.2 Å². The number of halogens is 3.